The molecule has 0 radical (unpaired) electrons. The molecule has 0 bridgehead atoms. The van der Waals surface area contributed by atoms with Gasteiger partial charge in [0.05, 0.1) is 7.11 Å². The summed E-state index contributed by atoms with van der Waals surface area (Å²) in [5.74, 6) is 0.387. The van der Waals surface area contributed by atoms with Gasteiger partial charge >= 0.3 is 0 Å². The molecular formula is C25H26O8. The van der Waals surface area contributed by atoms with Gasteiger partial charge in [-0.15, -0.1) is 0 Å². The van der Waals surface area contributed by atoms with Crippen molar-refractivity contribution in [3.8, 4) is 34.3 Å². The average Bonchev–Trinajstić information content (AvgIpc) is 3.11. The third-order valence-electron chi connectivity index (χ3n) is 5.25. The Kier molecular flexibility index (Phi) is 5.84. The Balaban J connectivity index is 1.73. The van der Waals surface area contributed by atoms with Crippen LogP contribution in [0, 0.1) is 0 Å². The van der Waals surface area contributed by atoms with Gasteiger partial charge < -0.3 is 33.6 Å². The summed E-state index contributed by atoms with van der Waals surface area (Å²) in [6.07, 6.45) is 2.80. The number of fused-ring (bicyclic) bond motifs is 1. The van der Waals surface area contributed by atoms with Gasteiger partial charge in [0.25, 0.3) is 0 Å². The normalized spacial score (nSPS) is 14.5. The van der Waals surface area contributed by atoms with E-state index in [1.54, 1.807) is 26.0 Å². The molecule has 8 heteroatoms. The molecule has 0 saturated heterocycles. The lowest BCUT2D eigenvalue weighted by Crippen LogP contribution is -2.21. The molecule has 0 spiro atoms. The zero-order valence-electron chi connectivity index (χ0n) is 18.9. The number of ether oxygens (including phenoxy) is 4. The van der Waals surface area contributed by atoms with Crippen molar-refractivity contribution in [2.75, 3.05) is 13.7 Å². The number of rotatable bonds is 7. The molecule has 0 atom stereocenters. The standard InChI is InChI=1S/C25H26O8/c1-5-6-17-16(7-8-20(29-4)24(17)28)21-11-19(27)23-18(26)9-14(10-22(23)32-21)30-12-15-13-31-25(2,3)33-15/h7-11,13,26,28H,5-6,12H2,1-4H3. The summed E-state index contributed by atoms with van der Waals surface area (Å²) >= 11 is 0. The highest BCUT2D eigenvalue weighted by atomic mass is 16.7. The first-order valence-corrected chi connectivity index (χ1v) is 10.6. The van der Waals surface area contributed by atoms with Gasteiger partial charge in [-0.2, -0.15) is 0 Å². The predicted molar refractivity (Wildman–Crippen MR) is 122 cm³/mol. The summed E-state index contributed by atoms with van der Waals surface area (Å²) < 4.78 is 27.9. The lowest BCUT2D eigenvalue weighted by atomic mass is 9.98. The minimum Gasteiger partial charge on any atom is -0.507 e. The molecule has 0 saturated carbocycles. The van der Waals surface area contributed by atoms with Crippen molar-refractivity contribution in [2.45, 2.75) is 39.4 Å². The maximum absolute atomic E-state index is 12.8. The van der Waals surface area contributed by atoms with Gasteiger partial charge in [-0.3, -0.25) is 4.79 Å². The number of aromatic hydroxyl groups is 2. The minimum atomic E-state index is -0.758. The molecule has 0 fully saturated rings. The molecule has 0 unspecified atom stereocenters. The number of hydrogen-bond acceptors (Lipinski definition) is 8. The van der Waals surface area contributed by atoms with Crippen LogP contribution in [0.5, 0.6) is 23.0 Å². The Morgan fingerprint density at radius 1 is 1.12 bits per heavy atom. The molecule has 4 rings (SSSR count). The molecule has 2 aromatic carbocycles. The highest BCUT2D eigenvalue weighted by Crippen LogP contribution is 2.39. The van der Waals surface area contributed by atoms with Crippen LogP contribution in [-0.4, -0.2) is 29.7 Å². The van der Waals surface area contributed by atoms with E-state index in [9.17, 15) is 15.0 Å². The Morgan fingerprint density at radius 3 is 2.58 bits per heavy atom. The Morgan fingerprint density at radius 2 is 1.91 bits per heavy atom. The van der Waals surface area contributed by atoms with Crippen LogP contribution in [0.4, 0.5) is 0 Å². The van der Waals surface area contributed by atoms with E-state index in [0.717, 1.165) is 6.42 Å². The van der Waals surface area contributed by atoms with E-state index in [2.05, 4.69) is 0 Å². The fourth-order valence-electron chi connectivity index (χ4n) is 3.76. The van der Waals surface area contributed by atoms with Gasteiger partial charge in [-0.25, -0.2) is 0 Å². The van der Waals surface area contributed by atoms with Gasteiger partial charge in [0.15, 0.2) is 22.7 Å². The summed E-state index contributed by atoms with van der Waals surface area (Å²) in [6, 6.07) is 7.54. The van der Waals surface area contributed by atoms with Gasteiger partial charge in [0.2, 0.25) is 5.79 Å². The zero-order chi connectivity index (χ0) is 23.8. The smallest absolute Gasteiger partial charge is 0.244 e. The molecule has 1 aliphatic heterocycles. The fraction of sp³-hybridized carbons (Fsp3) is 0.320. The van der Waals surface area contributed by atoms with Crippen molar-refractivity contribution in [2.24, 2.45) is 0 Å². The Labute approximate surface area is 190 Å². The number of benzene rings is 2. The third kappa shape index (κ3) is 4.41. The van der Waals surface area contributed by atoms with Crippen LogP contribution in [0.25, 0.3) is 22.3 Å². The first-order valence-electron chi connectivity index (χ1n) is 10.6. The molecule has 1 aromatic heterocycles. The summed E-state index contributed by atoms with van der Waals surface area (Å²) in [4.78, 5) is 12.8. The van der Waals surface area contributed by atoms with E-state index in [0.29, 0.717) is 34.8 Å². The van der Waals surface area contributed by atoms with E-state index in [1.165, 1.54) is 31.6 Å². The topological polar surface area (TPSA) is 108 Å². The summed E-state index contributed by atoms with van der Waals surface area (Å²) in [7, 11) is 1.48. The van der Waals surface area contributed by atoms with Gasteiger partial charge in [-0.1, -0.05) is 13.3 Å². The monoisotopic (exact) mass is 454 g/mol. The second-order valence-electron chi connectivity index (χ2n) is 8.18. The lowest BCUT2D eigenvalue weighted by molar-refractivity contribution is -0.119. The van der Waals surface area contributed by atoms with Crippen molar-refractivity contribution < 1.29 is 33.6 Å². The van der Waals surface area contributed by atoms with Crippen LogP contribution in [0.2, 0.25) is 0 Å². The van der Waals surface area contributed by atoms with Crippen molar-refractivity contribution >= 4 is 11.0 Å². The molecule has 2 heterocycles. The maximum Gasteiger partial charge on any atom is 0.244 e. The van der Waals surface area contributed by atoms with Crippen molar-refractivity contribution in [1.29, 1.82) is 0 Å². The molecule has 0 aliphatic carbocycles. The maximum atomic E-state index is 12.8. The minimum absolute atomic E-state index is 0.00880. The van der Waals surface area contributed by atoms with E-state index >= 15 is 0 Å². The Bertz CT molecular complexity index is 1290. The lowest BCUT2D eigenvalue weighted by Gasteiger charge is -2.18. The highest BCUT2D eigenvalue weighted by molar-refractivity contribution is 5.86. The molecule has 2 N–H and O–H groups in total. The van der Waals surface area contributed by atoms with Crippen LogP contribution in [0.15, 0.2) is 51.6 Å². The number of phenols is 2. The van der Waals surface area contributed by atoms with Crippen molar-refractivity contribution in [3.63, 3.8) is 0 Å². The van der Waals surface area contributed by atoms with Crippen LogP contribution >= 0.6 is 0 Å². The predicted octanol–water partition coefficient (Wildman–Crippen LogP) is 4.84. The van der Waals surface area contributed by atoms with Crippen molar-refractivity contribution in [1.82, 2.24) is 0 Å². The quantitative estimate of drug-likeness (QED) is 0.522. The van der Waals surface area contributed by atoms with Crippen LogP contribution < -0.4 is 14.9 Å². The van der Waals surface area contributed by atoms with E-state index in [4.69, 9.17) is 23.4 Å². The largest absolute Gasteiger partial charge is 0.507 e. The number of methoxy groups -OCH3 is 1. The number of hydrogen-bond donors (Lipinski definition) is 2. The molecule has 8 nitrogen and oxygen atoms in total. The van der Waals surface area contributed by atoms with E-state index < -0.39 is 11.2 Å². The van der Waals surface area contributed by atoms with E-state index in [-0.39, 0.29) is 34.8 Å². The van der Waals surface area contributed by atoms with E-state index in [1.807, 2.05) is 6.92 Å². The van der Waals surface area contributed by atoms with Gasteiger partial charge in [0, 0.05) is 43.2 Å². The summed E-state index contributed by atoms with van der Waals surface area (Å²) in [5.41, 5.74) is 0.931. The molecule has 3 aromatic rings. The average molecular weight is 454 g/mol. The molecule has 1 aliphatic rings. The second-order valence-corrected chi connectivity index (χ2v) is 8.18. The first-order chi connectivity index (χ1) is 15.7. The summed E-state index contributed by atoms with van der Waals surface area (Å²) in [6.45, 7) is 5.61. The number of phenolic OH excluding ortho intramolecular Hbond substituents is 2. The van der Waals surface area contributed by atoms with Crippen LogP contribution in [0.3, 0.4) is 0 Å². The van der Waals surface area contributed by atoms with Crippen LogP contribution in [-0.2, 0) is 15.9 Å². The van der Waals surface area contributed by atoms with Crippen molar-refractivity contribution in [3.05, 3.63) is 58.1 Å². The molecule has 174 valence electrons. The van der Waals surface area contributed by atoms with Gasteiger partial charge in [-0.05, 0) is 18.6 Å². The van der Waals surface area contributed by atoms with Crippen LogP contribution in [0.1, 0.15) is 32.8 Å². The molecule has 33 heavy (non-hydrogen) atoms. The first kappa shape index (κ1) is 22.4. The molecule has 0 amide bonds. The zero-order valence-corrected chi connectivity index (χ0v) is 18.9. The third-order valence-corrected chi connectivity index (χ3v) is 5.25. The fourth-order valence-corrected chi connectivity index (χ4v) is 3.76. The second kappa shape index (κ2) is 8.61. The van der Waals surface area contributed by atoms with Gasteiger partial charge in [0.1, 0.15) is 41.1 Å². The molecular weight excluding hydrogens is 428 g/mol. The summed E-state index contributed by atoms with van der Waals surface area (Å²) in [5, 5.41) is 21.1. The highest BCUT2D eigenvalue weighted by Gasteiger charge is 2.28. The SMILES string of the molecule is CCCc1c(-c2cc(=O)c3c(O)cc(OCC4=COC(C)(C)O4)cc3o2)ccc(OC)c1O. The Hall–Kier alpha value is -3.81.